The van der Waals surface area contributed by atoms with Crippen LogP contribution in [0, 0.1) is 6.92 Å². The highest BCUT2D eigenvalue weighted by Gasteiger charge is 2.06. The Morgan fingerprint density at radius 1 is 1.27 bits per heavy atom. The van der Waals surface area contributed by atoms with Gasteiger partial charge in [0.25, 0.3) is 0 Å². The third kappa shape index (κ3) is 5.79. The number of nitrogens with zero attached hydrogens (tertiary/aromatic N) is 1. The van der Waals surface area contributed by atoms with Crippen LogP contribution in [-0.4, -0.2) is 22.5 Å². The maximum absolute atomic E-state index is 11.7. The molecule has 0 spiro atoms. The molecule has 0 radical (unpaired) electrons. The van der Waals surface area contributed by atoms with Gasteiger partial charge in [-0.25, -0.2) is 4.98 Å². The minimum Gasteiger partial charge on any atom is -0.361 e. The molecule has 0 unspecified atom stereocenters. The summed E-state index contributed by atoms with van der Waals surface area (Å²) < 4.78 is 0. The van der Waals surface area contributed by atoms with Gasteiger partial charge in [-0.15, -0.1) is 11.3 Å². The fourth-order valence-electron chi connectivity index (χ4n) is 1.80. The number of amides is 1. The average Bonchev–Trinajstić information content (AvgIpc) is 2.91. The molecule has 116 valence electrons. The quantitative estimate of drug-likeness (QED) is 0.574. The maximum atomic E-state index is 11.7. The Bertz CT molecular complexity index is 627. The van der Waals surface area contributed by atoms with E-state index in [0.717, 1.165) is 17.1 Å². The molecule has 0 aliphatic heterocycles. The second kappa shape index (κ2) is 8.45. The molecule has 1 aromatic carbocycles. The zero-order valence-corrected chi connectivity index (χ0v) is 13.9. The van der Waals surface area contributed by atoms with Gasteiger partial charge in [0.15, 0.2) is 5.11 Å². The van der Waals surface area contributed by atoms with Crippen LogP contribution in [0.3, 0.4) is 0 Å². The lowest BCUT2D eigenvalue weighted by Gasteiger charge is -2.11. The van der Waals surface area contributed by atoms with Crippen molar-refractivity contribution < 1.29 is 4.79 Å². The van der Waals surface area contributed by atoms with Gasteiger partial charge in [-0.3, -0.25) is 15.6 Å². The summed E-state index contributed by atoms with van der Waals surface area (Å²) in [6, 6.07) is 10.1. The molecule has 2 aromatic rings. The topological polar surface area (TPSA) is 66.1 Å². The minimum atomic E-state index is -0.165. The van der Waals surface area contributed by atoms with Crippen molar-refractivity contribution >= 4 is 34.6 Å². The summed E-state index contributed by atoms with van der Waals surface area (Å²) in [4.78, 5) is 16.0. The normalized spacial score (nSPS) is 10.0. The number of hydrogen-bond donors (Lipinski definition) is 3. The first kappa shape index (κ1) is 16.4. The van der Waals surface area contributed by atoms with Crippen molar-refractivity contribution in [2.45, 2.75) is 19.8 Å². The summed E-state index contributed by atoms with van der Waals surface area (Å²) in [5.41, 5.74) is 7.42. The Morgan fingerprint density at radius 3 is 2.73 bits per heavy atom. The summed E-state index contributed by atoms with van der Waals surface area (Å²) in [5.74, 6) is -0.165. The van der Waals surface area contributed by atoms with Crippen LogP contribution in [0.15, 0.2) is 35.7 Å². The summed E-state index contributed by atoms with van der Waals surface area (Å²) in [7, 11) is 0. The predicted octanol–water partition coefficient (Wildman–Crippen LogP) is 1.73. The first-order valence-electron chi connectivity index (χ1n) is 6.91. The van der Waals surface area contributed by atoms with E-state index < -0.39 is 0 Å². The van der Waals surface area contributed by atoms with E-state index in [1.165, 1.54) is 16.9 Å². The van der Waals surface area contributed by atoms with Crippen LogP contribution in [0.5, 0.6) is 0 Å². The summed E-state index contributed by atoms with van der Waals surface area (Å²) in [6.45, 7) is 2.61. The van der Waals surface area contributed by atoms with Crippen LogP contribution < -0.4 is 16.2 Å². The highest BCUT2D eigenvalue weighted by atomic mass is 32.1. The van der Waals surface area contributed by atoms with E-state index in [2.05, 4.69) is 33.3 Å². The molecule has 0 aliphatic rings. The van der Waals surface area contributed by atoms with Gasteiger partial charge in [-0.05, 0) is 31.1 Å². The number of hydrazine groups is 1. The standard InChI is InChI=1S/C15H18N4OS2/c1-11-10-22-14(17-11)9-13(20)18-19-15(21)16-8-7-12-5-3-2-4-6-12/h2-6,10H,7-9H2,1H3,(H,18,20)(H2,16,19,21). The van der Waals surface area contributed by atoms with Crippen LogP contribution in [0.25, 0.3) is 0 Å². The predicted molar refractivity (Wildman–Crippen MR) is 92.6 cm³/mol. The van der Waals surface area contributed by atoms with E-state index in [4.69, 9.17) is 12.2 Å². The van der Waals surface area contributed by atoms with Crippen molar-refractivity contribution in [3.63, 3.8) is 0 Å². The second-order valence-corrected chi connectivity index (χ2v) is 6.07. The molecule has 0 saturated heterocycles. The van der Waals surface area contributed by atoms with Crippen molar-refractivity contribution in [1.29, 1.82) is 0 Å². The molecule has 0 fully saturated rings. The van der Waals surface area contributed by atoms with Crippen molar-refractivity contribution in [3.05, 3.63) is 52.0 Å². The third-order valence-electron chi connectivity index (χ3n) is 2.84. The van der Waals surface area contributed by atoms with Crippen LogP contribution in [0.4, 0.5) is 0 Å². The number of aryl methyl sites for hydroxylation is 1. The number of carbonyl (C=O) groups excluding carboxylic acids is 1. The number of thiazole rings is 1. The van der Waals surface area contributed by atoms with E-state index in [0.29, 0.717) is 11.7 Å². The van der Waals surface area contributed by atoms with Crippen LogP contribution in [0.1, 0.15) is 16.3 Å². The van der Waals surface area contributed by atoms with E-state index in [-0.39, 0.29) is 12.3 Å². The fourth-order valence-corrected chi connectivity index (χ4v) is 2.72. The van der Waals surface area contributed by atoms with Gasteiger partial charge in [0.2, 0.25) is 5.91 Å². The molecule has 3 N–H and O–H groups in total. The first-order chi connectivity index (χ1) is 10.6. The molecular formula is C15H18N4OS2. The molecule has 5 nitrogen and oxygen atoms in total. The summed E-state index contributed by atoms with van der Waals surface area (Å²) in [6.07, 6.45) is 1.12. The van der Waals surface area contributed by atoms with Crippen LogP contribution in [0.2, 0.25) is 0 Å². The number of benzene rings is 1. The molecule has 7 heteroatoms. The van der Waals surface area contributed by atoms with Gasteiger partial charge in [0.05, 0.1) is 6.42 Å². The summed E-state index contributed by atoms with van der Waals surface area (Å²) in [5, 5.41) is 6.16. The largest absolute Gasteiger partial charge is 0.361 e. The Hall–Kier alpha value is -1.99. The fraction of sp³-hybridized carbons (Fsp3) is 0.267. The van der Waals surface area contributed by atoms with Crippen molar-refractivity contribution in [3.8, 4) is 0 Å². The van der Waals surface area contributed by atoms with E-state index in [1.54, 1.807) is 0 Å². The van der Waals surface area contributed by atoms with Crippen LogP contribution >= 0.6 is 23.6 Å². The molecule has 1 aromatic heterocycles. The Kier molecular flexibility index (Phi) is 6.29. The van der Waals surface area contributed by atoms with Gasteiger partial charge in [-0.2, -0.15) is 0 Å². The summed E-state index contributed by atoms with van der Waals surface area (Å²) >= 11 is 6.58. The first-order valence-corrected chi connectivity index (χ1v) is 8.20. The average molecular weight is 334 g/mol. The lowest BCUT2D eigenvalue weighted by atomic mass is 10.1. The second-order valence-electron chi connectivity index (χ2n) is 4.72. The Labute approximate surface area is 139 Å². The van der Waals surface area contributed by atoms with E-state index in [1.807, 2.05) is 30.5 Å². The van der Waals surface area contributed by atoms with Crippen LogP contribution in [-0.2, 0) is 17.6 Å². The molecule has 2 rings (SSSR count). The van der Waals surface area contributed by atoms with Crippen molar-refractivity contribution in [1.82, 2.24) is 21.2 Å². The molecule has 22 heavy (non-hydrogen) atoms. The minimum absolute atomic E-state index is 0.165. The van der Waals surface area contributed by atoms with Gasteiger partial charge >= 0.3 is 0 Å². The molecular weight excluding hydrogens is 316 g/mol. The molecule has 0 aliphatic carbocycles. The smallest absolute Gasteiger partial charge is 0.245 e. The van der Waals surface area contributed by atoms with E-state index in [9.17, 15) is 4.79 Å². The van der Waals surface area contributed by atoms with Gasteiger partial charge in [0, 0.05) is 17.6 Å². The molecule has 1 amide bonds. The number of nitrogens with one attached hydrogen (secondary N) is 3. The van der Waals surface area contributed by atoms with Gasteiger partial charge in [-0.1, -0.05) is 30.3 Å². The number of rotatable bonds is 5. The maximum Gasteiger partial charge on any atom is 0.245 e. The monoisotopic (exact) mass is 334 g/mol. The molecule has 0 bridgehead atoms. The van der Waals surface area contributed by atoms with Crippen molar-refractivity contribution in [2.75, 3.05) is 6.54 Å². The molecule has 0 atom stereocenters. The zero-order chi connectivity index (χ0) is 15.8. The van der Waals surface area contributed by atoms with E-state index >= 15 is 0 Å². The third-order valence-corrected chi connectivity index (χ3v) is 4.05. The Morgan fingerprint density at radius 2 is 2.05 bits per heavy atom. The van der Waals surface area contributed by atoms with Gasteiger partial charge in [0.1, 0.15) is 5.01 Å². The number of aromatic nitrogens is 1. The SMILES string of the molecule is Cc1csc(CC(=O)NNC(=S)NCCc2ccccc2)n1. The molecule has 1 heterocycles. The number of thiocarbonyl (C=S) groups is 1. The lowest BCUT2D eigenvalue weighted by Crippen LogP contribution is -2.47. The zero-order valence-electron chi connectivity index (χ0n) is 12.3. The highest BCUT2D eigenvalue weighted by molar-refractivity contribution is 7.80. The highest BCUT2D eigenvalue weighted by Crippen LogP contribution is 2.08. The lowest BCUT2D eigenvalue weighted by molar-refractivity contribution is -0.121. The molecule has 0 saturated carbocycles. The number of carbonyl (C=O) groups is 1. The number of hydrogen-bond acceptors (Lipinski definition) is 4. The Balaban J connectivity index is 1.62. The van der Waals surface area contributed by atoms with Gasteiger partial charge < -0.3 is 5.32 Å². The van der Waals surface area contributed by atoms with Crippen molar-refractivity contribution in [2.24, 2.45) is 0 Å².